The van der Waals surface area contributed by atoms with E-state index in [2.05, 4.69) is 57.6 Å². The minimum absolute atomic E-state index is 0.0183. The maximum absolute atomic E-state index is 12.8. The normalized spacial score (nSPS) is 12.2. The lowest BCUT2D eigenvalue weighted by Gasteiger charge is -2.42. The fraction of sp³-hybridized carbons (Fsp3) is 0.522. The molecule has 6 heteroatoms. The first-order valence-electron chi connectivity index (χ1n) is 10.3. The van der Waals surface area contributed by atoms with Crippen molar-refractivity contribution in [3.63, 3.8) is 0 Å². The molecule has 0 aliphatic carbocycles. The van der Waals surface area contributed by atoms with Crippen LogP contribution < -0.4 is 0 Å². The highest BCUT2D eigenvalue weighted by Gasteiger charge is 2.44. The summed E-state index contributed by atoms with van der Waals surface area (Å²) in [5.41, 5.74) is 4.99. The Bertz CT molecular complexity index is 831. The second kappa shape index (κ2) is 9.96. The third-order valence-electron chi connectivity index (χ3n) is 5.68. The number of halogens is 1. The molecule has 0 atom stereocenters. The number of aromatic nitrogens is 2. The van der Waals surface area contributed by atoms with Gasteiger partial charge in [-0.3, -0.25) is 4.79 Å². The highest BCUT2D eigenvalue weighted by atomic mass is 35.5. The van der Waals surface area contributed by atoms with Crippen molar-refractivity contribution in [2.75, 3.05) is 0 Å². The molecule has 0 amide bonds. The van der Waals surface area contributed by atoms with Crippen molar-refractivity contribution in [1.29, 1.82) is 0 Å². The highest BCUT2D eigenvalue weighted by molar-refractivity contribution is 6.77. The summed E-state index contributed by atoms with van der Waals surface area (Å²) in [6.07, 6.45) is 1.77. The molecule has 0 bridgehead atoms. The molecule has 0 N–H and O–H groups in total. The molecule has 1 heterocycles. The number of ketones is 1. The van der Waals surface area contributed by atoms with Gasteiger partial charge < -0.3 is 4.43 Å². The number of rotatable bonds is 9. The molecule has 0 radical (unpaired) electrons. The molecule has 0 saturated carbocycles. The molecule has 0 aliphatic heterocycles. The summed E-state index contributed by atoms with van der Waals surface area (Å²) in [5, 5.41) is 0.158. The Balaban J connectivity index is 2.23. The van der Waals surface area contributed by atoms with E-state index in [4.69, 9.17) is 16.0 Å². The zero-order valence-corrected chi connectivity index (χ0v) is 20.4. The lowest BCUT2D eigenvalue weighted by Crippen LogP contribution is -2.47. The summed E-state index contributed by atoms with van der Waals surface area (Å²) in [6.45, 7) is 16.2. The number of Topliss-reactive ketones (excluding diaryl/α,β-unsaturated/α-hetero) is 1. The molecule has 2 aromatic rings. The molecule has 2 rings (SSSR count). The average Bonchev–Trinajstić information content (AvgIpc) is 2.60. The summed E-state index contributed by atoms with van der Waals surface area (Å²) >= 11 is 5.84. The topological polar surface area (TPSA) is 52.1 Å². The molecular weight excluding hydrogens is 400 g/mol. The number of benzene rings is 1. The second-order valence-electron chi connectivity index (χ2n) is 8.73. The van der Waals surface area contributed by atoms with E-state index >= 15 is 0 Å². The van der Waals surface area contributed by atoms with Crippen LogP contribution in [0.5, 0.6) is 0 Å². The number of carbonyl (C=O) groups excluding carboxylic acids is 1. The Morgan fingerprint density at radius 2 is 1.69 bits per heavy atom. The van der Waals surface area contributed by atoms with Gasteiger partial charge in [-0.15, -0.1) is 0 Å². The number of nitrogens with zero attached hydrogens (tertiary/aromatic N) is 2. The molecular formula is C23H33ClN2O2Si. The Kier molecular flexibility index (Phi) is 8.15. The van der Waals surface area contributed by atoms with Gasteiger partial charge in [0.15, 0.2) is 5.78 Å². The first kappa shape index (κ1) is 23.7. The summed E-state index contributed by atoms with van der Waals surface area (Å²) in [4.78, 5) is 20.8. The zero-order valence-electron chi connectivity index (χ0n) is 18.6. The van der Waals surface area contributed by atoms with Crippen molar-refractivity contribution in [1.82, 2.24) is 9.97 Å². The van der Waals surface area contributed by atoms with Crippen molar-refractivity contribution in [3.8, 4) is 0 Å². The van der Waals surface area contributed by atoms with Crippen LogP contribution in [0, 0.1) is 6.92 Å². The van der Waals surface area contributed by atoms with Gasteiger partial charge in [0, 0.05) is 11.8 Å². The molecule has 4 nitrogen and oxygen atoms in total. The standard InChI is InChI=1S/C23H33ClN2O2Si/c1-15(2)29(16(3)4,17(5)6)28-14-19-10-18(7)11-20(12-19)22(27)13-21-8-9-25-23(24)26-21/h8-12,15-17H,13-14H2,1-7H3. The van der Waals surface area contributed by atoms with Crippen LogP contribution in [0.15, 0.2) is 30.5 Å². The van der Waals surface area contributed by atoms with E-state index in [1.54, 1.807) is 12.3 Å². The predicted octanol–water partition coefficient (Wildman–Crippen LogP) is 6.56. The zero-order chi connectivity index (χ0) is 21.8. The van der Waals surface area contributed by atoms with E-state index < -0.39 is 8.32 Å². The van der Waals surface area contributed by atoms with Gasteiger partial charge in [0.1, 0.15) is 0 Å². The molecule has 0 spiro atoms. The summed E-state index contributed by atoms with van der Waals surface area (Å²) in [7, 11) is -1.96. The van der Waals surface area contributed by atoms with E-state index in [9.17, 15) is 4.79 Å². The van der Waals surface area contributed by atoms with Crippen molar-refractivity contribution in [3.05, 3.63) is 58.1 Å². The van der Waals surface area contributed by atoms with Crippen LogP contribution in [0.4, 0.5) is 0 Å². The predicted molar refractivity (Wildman–Crippen MR) is 122 cm³/mol. The maximum atomic E-state index is 12.8. The number of carbonyl (C=O) groups is 1. The van der Waals surface area contributed by atoms with Crippen LogP contribution in [0.2, 0.25) is 21.9 Å². The fourth-order valence-corrected chi connectivity index (χ4v) is 10.1. The highest BCUT2D eigenvalue weighted by Crippen LogP contribution is 2.42. The van der Waals surface area contributed by atoms with E-state index in [-0.39, 0.29) is 17.5 Å². The van der Waals surface area contributed by atoms with E-state index in [1.807, 2.05) is 19.1 Å². The number of aryl methyl sites for hydroxylation is 1. The fourth-order valence-electron chi connectivity index (χ4n) is 4.55. The van der Waals surface area contributed by atoms with Crippen molar-refractivity contribution >= 4 is 25.7 Å². The van der Waals surface area contributed by atoms with E-state index in [0.717, 1.165) is 11.1 Å². The summed E-state index contributed by atoms with van der Waals surface area (Å²) < 4.78 is 6.71. The van der Waals surface area contributed by atoms with Gasteiger partial charge >= 0.3 is 0 Å². The van der Waals surface area contributed by atoms with Crippen LogP contribution in [-0.4, -0.2) is 24.1 Å². The second-order valence-corrected chi connectivity index (χ2v) is 14.5. The van der Waals surface area contributed by atoms with Crippen LogP contribution in [-0.2, 0) is 17.5 Å². The largest absolute Gasteiger partial charge is 0.412 e. The lowest BCUT2D eigenvalue weighted by molar-refractivity contribution is 0.0991. The smallest absolute Gasteiger partial charge is 0.222 e. The summed E-state index contributed by atoms with van der Waals surface area (Å²) in [6, 6.07) is 7.71. The molecule has 0 saturated heterocycles. The van der Waals surface area contributed by atoms with Crippen LogP contribution >= 0.6 is 11.6 Å². The molecule has 0 fully saturated rings. The molecule has 29 heavy (non-hydrogen) atoms. The third-order valence-corrected chi connectivity index (χ3v) is 11.9. The van der Waals surface area contributed by atoms with Gasteiger partial charge in [-0.25, -0.2) is 9.97 Å². The average molecular weight is 433 g/mol. The van der Waals surface area contributed by atoms with Crippen LogP contribution in [0.1, 0.15) is 68.7 Å². The lowest BCUT2D eigenvalue weighted by atomic mass is 10.0. The molecule has 158 valence electrons. The first-order chi connectivity index (χ1) is 13.6. The van der Waals surface area contributed by atoms with Gasteiger partial charge in [-0.2, -0.15) is 0 Å². The Hall–Kier alpha value is -1.56. The molecule has 1 aromatic heterocycles. The monoisotopic (exact) mass is 432 g/mol. The first-order valence-corrected chi connectivity index (χ1v) is 12.8. The van der Waals surface area contributed by atoms with Crippen LogP contribution in [0.25, 0.3) is 0 Å². The van der Waals surface area contributed by atoms with E-state index in [1.165, 1.54) is 0 Å². The number of hydrogen-bond acceptors (Lipinski definition) is 4. The van der Waals surface area contributed by atoms with Crippen LogP contribution in [0.3, 0.4) is 0 Å². The number of hydrogen-bond donors (Lipinski definition) is 0. The van der Waals surface area contributed by atoms with Gasteiger partial charge in [-0.1, -0.05) is 53.2 Å². The minimum Gasteiger partial charge on any atom is -0.412 e. The Morgan fingerprint density at radius 3 is 2.24 bits per heavy atom. The van der Waals surface area contributed by atoms with E-state index in [0.29, 0.717) is 34.5 Å². The van der Waals surface area contributed by atoms with Gasteiger partial charge in [0.25, 0.3) is 0 Å². The third kappa shape index (κ3) is 5.74. The molecule has 0 unspecified atom stereocenters. The van der Waals surface area contributed by atoms with Crippen molar-refractivity contribution < 1.29 is 9.22 Å². The van der Waals surface area contributed by atoms with Gasteiger partial charge in [-0.05, 0) is 58.9 Å². The SMILES string of the molecule is Cc1cc(CO[Si](C(C)C)(C(C)C)C(C)C)cc(C(=O)Cc2ccnc(Cl)n2)c1. The van der Waals surface area contributed by atoms with Crippen molar-refractivity contribution in [2.45, 2.75) is 78.1 Å². The Labute approximate surface area is 181 Å². The quantitative estimate of drug-likeness (QED) is 0.256. The molecule has 1 aromatic carbocycles. The van der Waals surface area contributed by atoms with Gasteiger partial charge in [0.05, 0.1) is 18.7 Å². The summed E-state index contributed by atoms with van der Waals surface area (Å²) in [5.74, 6) is 0.0183. The van der Waals surface area contributed by atoms with Crippen molar-refractivity contribution in [2.24, 2.45) is 0 Å². The Morgan fingerprint density at radius 1 is 1.07 bits per heavy atom. The van der Waals surface area contributed by atoms with Gasteiger partial charge in [0.2, 0.25) is 13.6 Å². The minimum atomic E-state index is -1.96. The molecule has 0 aliphatic rings. The maximum Gasteiger partial charge on any atom is 0.222 e.